The maximum absolute atomic E-state index is 12.1. The van der Waals surface area contributed by atoms with Crippen LogP contribution in [-0.4, -0.2) is 48.3 Å². The second-order valence-corrected chi connectivity index (χ2v) is 5.50. The molecular weight excluding hydrogens is 242 g/mol. The zero-order valence-electron chi connectivity index (χ0n) is 11.6. The van der Waals surface area contributed by atoms with Gasteiger partial charge < -0.3 is 14.7 Å². The molecule has 1 heterocycles. The number of hydrogen-bond donors (Lipinski definition) is 1. The molecule has 0 aromatic rings. The summed E-state index contributed by atoms with van der Waals surface area (Å²) in [5, 5.41) is 8.71. The monoisotopic (exact) mass is 267 g/mol. The first-order valence-electron chi connectivity index (χ1n) is 7.46. The Balaban J connectivity index is 1.64. The third kappa shape index (κ3) is 4.62. The van der Waals surface area contributed by atoms with Gasteiger partial charge in [0.25, 0.3) is 0 Å². The first-order chi connectivity index (χ1) is 9.29. The maximum Gasteiger partial charge on any atom is 0.223 e. The number of allylic oxidation sites excluding steroid dienone is 2. The van der Waals surface area contributed by atoms with Crippen molar-refractivity contribution in [2.24, 2.45) is 5.92 Å². The molecule has 108 valence electrons. The third-order valence-electron chi connectivity index (χ3n) is 4.00. The number of ether oxygens (including phenoxy) is 1. The lowest BCUT2D eigenvalue weighted by Crippen LogP contribution is -2.41. The second-order valence-electron chi connectivity index (χ2n) is 5.50. The van der Waals surface area contributed by atoms with E-state index in [0.29, 0.717) is 31.3 Å². The van der Waals surface area contributed by atoms with E-state index in [-0.39, 0.29) is 12.7 Å². The number of nitrogens with zero attached hydrogens (tertiary/aromatic N) is 1. The molecule has 0 spiro atoms. The molecule has 1 atom stereocenters. The molecule has 1 aliphatic carbocycles. The van der Waals surface area contributed by atoms with Gasteiger partial charge in [0.05, 0.1) is 6.10 Å². The van der Waals surface area contributed by atoms with Crippen molar-refractivity contribution >= 4 is 5.91 Å². The van der Waals surface area contributed by atoms with Gasteiger partial charge in [-0.1, -0.05) is 12.2 Å². The van der Waals surface area contributed by atoms with Gasteiger partial charge in [-0.3, -0.25) is 4.79 Å². The third-order valence-corrected chi connectivity index (χ3v) is 4.00. The molecule has 0 aromatic heterocycles. The van der Waals surface area contributed by atoms with Crippen LogP contribution in [0.2, 0.25) is 0 Å². The molecule has 2 aliphatic rings. The minimum atomic E-state index is 0.187. The van der Waals surface area contributed by atoms with Crippen LogP contribution in [-0.2, 0) is 9.53 Å². The molecule has 19 heavy (non-hydrogen) atoms. The highest BCUT2D eigenvalue weighted by Crippen LogP contribution is 2.22. The first kappa shape index (κ1) is 14.5. The van der Waals surface area contributed by atoms with Crippen LogP contribution in [0.4, 0.5) is 0 Å². The number of aliphatic hydroxyl groups is 1. The molecule has 1 fully saturated rings. The number of aliphatic hydroxyl groups excluding tert-OH is 1. The average molecular weight is 267 g/mol. The molecule has 0 radical (unpaired) electrons. The SMILES string of the molecule is O=C(CC1C=CCC1)N1CCC(OCCCO)CC1. The van der Waals surface area contributed by atoms with Crippen LogP contribution in [0.1, 0.15) is 38.5 Å². The Labute approximate surface area is 115 Å². The topological polar surface area (TPSA) is 49.8 Å². The molecular formula is C15H25NO3. The highest BCUT2D eigenvalue weighted by molar-refractivity contribution is 5.76. The van der Waals surface area contributed by atoms with E-state index in [1.807, 2.05) is 4.90 Å². The summed E-state index contributed by atoms with van der Waals surface area (Å²) in [4.78, 5) is 14.1. The molecule has 0 bridgehead atoms. The zero-order valence-corrected chi connectivity index (χ0v) is 11.6. The van der Waals surface area contributed by atoms with E-state index >= 15 is 0 Å². The fourth-order valence-corrected chi connectivity index (χ4v) is 2.81. The number of hydrogen-bond acceptors (Lipinski definition) is 3. The van der Waals surface area contributed by atoms with E-state index in [2.05, 4.69) is 12.2 Å². The van der Waals surface area contributed by atoms with Gasteiger partial charge in [-0.2, -0.15) is 0 Å². The maximum atomic E-state index is 12.1. The highest BCUT2D eigenvalue weighted by Gasteiger charge is 2.24. The average Bonchev–Trinajstić information content (AvgIpc) is 2.93. The van der Waals surface area contributed by atoms with Crippen LogP contribution in [0.3, 0.4) is 0 Å². The van der Waals surface area contributed by atoms with Crippen molar-refractivity contribution in [3.63, 3.8) is 0 Å². The lowest BCUT2D eigenvalue weighted by molar-refractivity contribution is -0.134. The Morgan fingerprint density at radius 2 is 2.11 bits per heavy atom. The van der Waals surface area contributed by atoms with Gasteiger partial charge in [-0.05, 0) is 38.0 Å². The van der Waals surface area contributed by atoms with Crippen LogP contribution < -0.4 is 0 Å². The number of likely N-dealkylation sites (tertiary alicyclic amines) is 1. The lowest BCUT2D eigenvalue weighted by atomic mass is 10.0. The van der Waals surface area contributed by atoms with Crippen LogP contribution in [0, 0.1) is 5.92 Å². The molecule has 0 aromatic carbocycles. The van der Waals surface area contributed by atoms with Crippen molar-refractivity contribution in [1.82, 2.24) is 4.90 Å². The Morgan fingerprint density at radius 3 is 2.74 bits per heavy atom. The predicted octanol–water partition coefficient (Wildman–Crippen LogP) is 1.73. The van der Waals surface area contributed by atoms with Crippen molar-refractivity contribution in [3.05, 3.63) is 12.2 Å². The van der Waals surface area contributed by atoms with Crippen molar-refractivity contribution in [2.75, 3.05) is 26.3 Å². The lowest BCUT2D eigenvalue weighted by Gasteiger charge is -2.32. The molecule has 1 aliphatic heterocycles. The zero-order chi connectivity index (χ0) is 13.5. The molecule has 1 unspecified atom stereocenters. The molecule has 1 N–H and O–H groups in total. The Kier molecular flexibility index (Phi) is 5.86. The van der Waals surface area contributed by atoms with Crippen molar-refractivity contribution < 1.29 is 14.6 Å². The summed E-state index contributed by atoms with van der Waals surface area (Å²) in [5.74, 6) is 0.761. The fourth-order valence-electron chi connectivity index (χ4n) is 2.81. The Hall–Kier alpha value is -0.870. The molecule has 4 nitrogen and oxygen atoms in total. The van der Waals surface area contributed by atoms with Gasteiger partial charge in [-0.25, -0.2) is 0 Å². The first-order valence-corrected chi connectivity index (χ1v) is 7.46. The van der Waals surface area contributed by atoms with Gasteiger partial charge in [-0.15, -0.1) is 0 Å². The highest BCUT2D eigenvalue weighted by atomic mass is 16.5. The Morgan fingerprint density at radius 1 is 1.32 bits per heavy atom. The minimum Gasteiger partial charge on any atom is -0.396 e. The van der Waals surface area contributed by atoms with Gasteiger partial charge in [0.15, 0.2) is 0 Å². The van der Waals surface area contributed by atoms with Crippen LogP contribution in [0.5, 0.6) is 0 Å². The molecule has 4 heteroatoms. The van der Waals surface area contributed by atoms with E-state index in [9.17, 15) is 4.79 Å². The summed E-state index contributed by atoms with van der Waals surface area (Å²) < 4.78 is 5.68. The number of rotatable bonds is 6. The largest absolute Gasteiger partial charge is 0.396 e. The number of piperidine rings is 1. The summed E-state index contributed by atoms with van der Waals surface area (Å²) in [6.45, 7) is 2.45. The van der Waals surface area contributed by atoms with E-state index in [1.54, 1.807) is 0 Å². The second kappa shape index (κ2) is 7.65. The van der Waals surface area contributed by atoms with Crippen LogP contribution in [0.25, 0.3) is 0 Å². The number of carbonyl (C=O) groups is 1. The standard InChI is InChI=1S/C15H25NO3/c17-10-3-11-19-14-6-8-16(9-7-14)15(18)12-13-4-1-2-5-13/h1,4,13-14,17H,2-3,5-12H2. The smallest absolute Gasteiger partial charge is 0.223 e. The van der Waals surface area contributed by atoms with Crippen molar-refractivity contribution in [1.29, 1.82) is 0 Å². The van der Waals surface area contributed by atoms with Crippen LogP contribution >= 0.6 is 0 Å². The summed E-state index contributed by atoms with van der Waals surface area (Å²) in [6.07, 6.45) is 10.1. The number of amides is 1. The van der Waals surface area contributed by atoms with E-state index in [1.165, 1.54) is 0 Å². The quantitative estimate of drug-likeness (QED) is 0.589. The normalized spacial score (nSPS) is 24.1. The van der Waals surface area contributed by atoms with E-state index in [4.69, 9.17) is 9.84 Å². The van der Waals surface area contributed by atoms with Crippen molar-refractivity contribution in [2.45, 2.75) is 44.6 Å². The summed E-state index contributed by atoms with van der Waals surface area (Å²) >= 11 is 0. The van der Waals surface area contributed by atoms with Gasteiger partial charge in [0.1, 0.15) is 0 Å². The van der Waals surface area contributed by atoms with E-state index < -0.39 is 0 Å². The summed E-state index contributed by atoms with van der Waals surface area (Å²) in [5.41, 5.74) is 0. The number of carbonyl (C=O) groups excluding carboxylic acids is 1. The molecule has 1 amide bonds. The molecule has 1 saturated heterocycles. The summed E-state index contributed by atoms with van der Waals surface area (Å²) in [7, 11) is 0. The van der Waals surface area contributed by atoms with Gasteiger partial charge in [0, 0.05) is 32.7 Å². The van der Waals surface area contributed by atoms with Crippen molar-refractivity contribution in [3.8, 4) is 0 Å². The van der Waals surface area contributed by atoms with Gasteiger partial charge in [0.2, 0.25) is 5.91 Å². The molecule has 2 rings (SSSR count). The van der Waals surface area contributed by atoms with Gasteiger partial charge >= 0.3 is 0 Å². The Bertz CT molecular complexity index is 309. The fraction of sp³-hybridized carbons (Fsp3) is 0.800. The van der Waals surface area contributed by atoms with E-state index in [0.717, 1.165) is 38.8 Å². The summed E-state index contributed by atoms with van der Waals surface area (Å²) in [6, 6.07) is 0. The minimum absolute atomic E-state index is 0.187. The molecule has 0 saturated carbocycles. The van der Waals surface area contributed by atoms with Crippen LogP contribution in [0.15, 0.2) is 12.2 Å². The predicted molar refractivity (Wildman–Crippen MR) is 73.7 cm³/mol.